The Morgan fingerprint density at radius 3 is 2.67 bits per heavy atom. The number of nitrogens with one attached hydrogen (secondary N) is 2. The van der Waals surface area contributed by atoms with E-state index in [1.54, 1.807) is 0 Å². The van der Waals surface area contributed by atoms with Gasteiger partial charge in [0.25, 0.3) is 0 Å². The van der Waals surface area contributed by atoms with E-state index >= 15 is 0 Å². The van der Waals surface area contributed by atoms with Crippen LogP contribution in [0.2, 0.25) is 5.02 Å². The first kappa shape index (κ1) is 15.1. The maximum atomic E-state index is 10.0. The van der Waals surface area contributed by atoms with Crippen LogP contribution in [0.15, 0.2) is 24.3 Å². The van der Waals surface area contributed by atoms with Crippen LogP contribution < -0.4 is 15.5 Å². The van der Waals surface area contributed by atoms with Gasteiger partial charge in [-0.1, -0.05) is 23.7 Å². The summed E-state index contributed by atoms with van der Waals surface area (Å²) in [6.07, 6.45) is 2.81. The van der Waals surface area contributed by atoms with E-state index in [4.69, 9.17) is 11.6 Å². The predicted octanol–water partition coefficient (Wildman–Crippen LogP) is 1.62. The number of benzene rings is 1. The number of nitrogens with zero attached hydrogens (tertiary/aromatic N) is 1. The Balaban J connectivity index is 1.52. The SMILES string of the molecule is OC1CCNCC1NC1CCN(c2ccccc2Cl)CC1. The van der Waals surface area contributed by atoms with Crippen molar-refractivity contribution < 1.29 is 5.11 Å². The molecule has 5 heteroatoms. The molecule has 1 aromatic carbocycles. The highest BCUT2D eigenvalue weighted by Gasteiger charge is 2.27. The van der Waals surface area contributed by atoms with Gasteiger partial charge in [0, 0.05) is 31.7 Å². The monoisotopic (exact) mass is 309 g/mol. The molecule has 0 spiro atoms. The molecule has 0 amide bonds. The third-order valence-electron chi connectivity index (χ3n) is 4.58. The van der Waals surface area contributed by atoms with Crippen molar-refractivity contribution in [2.45, 2.75) is 37.5 Å². The van der Waals surface area contributed by atoms with Gasteiger partial charge in [-0.05, 0) is 37.9 Å². The van der Waals surface area contributed by atoms with Gasteiger partial charge in [0.15, 0.2) is 0 Å². The molecule has 0 bridgehead atoms. The van der Waals surface area contributed by atoms with Gasteiger partial charge in [0.1, 0.15) is 0 Å². The van der Waals surface area contributed by atoms with Crippen LogP contribution in [0.25, 0.3) is 0 Å². The Kier molecular flexibility index (Phi) is 5.01. The van der Waals surface area contributed by atoms with E-state index < -0.39 is 0 Å². The second-order valence-corrected chi connectivity index (χ2v) is 6.45. The van der Waals surface area contributed by atoms with E-state index in [1.165, 1.54) is 0 Å². The first-order valence-electron chi connectivity index (χ1n) is 7.88. The second-order valence-electron chi connectivity index (χ2n) is 6.05. The molecular formula is C16H24ClN3O. The smallest absolute Gasteiger partial charge is 0.0717 e. The van der Waals surface area contributed by atoms with Crippen molar-refractivity contribution in [2.75, 3.05) is 31.1 Å². The Labute approximate surface area is 131 Å². The molecule has 2 atom stereocenters. The van der Waals surface area contributed by atoms with Gasteiger partial charge in [-0.3, -0.25) is 0 Å². The highest BCUT2D eigenvalue weighted by Crippen LogP contribution is 2.27. The lowest BCUT2D eigenvalue weighted by Crippen LogP contribution is -2.56. The predicted molar refractivity (Wildman–Crippen MR) is 87.1 cm³/mol. The van der Waals surface area contributed by atoms with Crippen LogP contribution in [0.3, 0.4) is 0 Å². The standard InChI is InChI=1S/C16H24ClN3O/c17-13-3-1-2-4-15(13)20-9-6-12(7-10-20)19-14-11-18-8-5-16(14)21/h1-4,12,14,16,18-19,21H,5-11H2. The molecule has 4 nitrogen and oxygen atoms in total. The molecular weight excluding hydrogens is 286 g/mol. The molecule has 1 aromatic rings. The quantitative estimate of drug-likeness (QED) is 0.794. The summed E-state index contributed by atoms with van der Waals surface area (Å²) >= 11 is 6.27. The fraction of sp³-hybridized carbons (Fsp3) is 0.625. The van der Waals surface area contributed by atoms with Crippen LogP contribution in [0.1, 0.15) is 19.3 Å². The topological polar surface area (TPSA) is 47.5 Å². The lowest BCUT2D eigenvalue weighted by Gasteiger charge is -2.38. The summed E-state index contributed by atoms with van der Waals surface area (Å²) in [4.78, 5) is 2.36. The van der Waals surface area contributed by atoms with Crippen molar-refractivity contribution in [3.63, 3.8) is 0 Å². The molecule has 0 saturated carbocycles. The Morgan fingerprint density at radius 2 is 1.95 bits per heavy atom. The van der Waals surface area contributed by atoms with Crippen molar-refractivity contribution >= 4 is 17.3 Å². The fourth-order valence-electron chi connectivity index (χ4n) is 3.31. The van der Waals surface area contributed by atoms with Crippen molar-refractivity contribution in [3.8, 4) is 0 Å². The van der Waals surface area contributed by atoms with Crippen LogP contribution in [0.4, 0.5) is 5.69 Å². The molecule has 0 radical (unpaired) electrons. The molecule has 3 N–H and O–H groups in total. The fourth-order valence-corrected chi connectivity index (χ4v) is 3.57. The summed E-state index contributed by atoms with van der Waals surface area (Å²) in [5.41, 5.74) is 1.14. The van der Waals surface area contributed by atoms with Crippen LogP contribution in [-0.2, 0) is 0 Å². The summed E-state index contributed by atoms with van der Waals surface area (Å²) < 4.78 is 0. The minimum absolute atomic E-state index is 0.190. The van der Waals surface area contributed by atoms with Crippen molar-refractivity contribution in [2.24, 2.45) is 0 Å². The largest absolute Gasteiger partial charge is 0.391 e. The number of rotatable bonds is 3. The average molecular weight is 310 g/mol. The normalized spacial score (nSPS) is 27.8. The van der Waals surface area contributed by atoms with Crippen LogP contribution in [-0.4, -0.2) is 49.5 Å². The zero-order valence-electron chi connectivity index (χ0n) is 12.3. The number of anilines is 1. The molecule has 0 aromatic heterocycles. The molecule has 2 fully saturated rings. The molecule has 2 aliphatic heterocycles. The molecule has 2 saturated heterocycles. The highest BCUT2D eigenvalue weighted by atomic mass is 35.5. The number of para-hydroxylation sites is 1. The summed E-state index contributed by atoms with van der Waals surface area (Å²) in [6.45, 7) is 3.81. The first-order chi connectivity index (χ1) is 10.2. The van der Waals surface area contributed by atoms with Crippen LogP contribution in [0, 0.1) is 0 Å². The minimum atomic E-state index is -0.215. The number of aliphatic hydroxyl groups is 1. The Morgan fingerprint density at radius 1 is 1.19 bits per heavy atom. The maximum Gasteiger partial charge on any atom is 0.0717 e. The van der Waals surface area contributed by atoms with Gasteiger partial charge in [0.2, 0.25) is 0 Å². The van der Waals surface area contributed by atoms with Crippen LogP contribution in [0.5, 0.6) is 0 Å². The molecule has 2 unspecified atom stereocenters. The van der Waals surface area contributed by atoms with Crippen molar-refractivity contribution in [3.05, 3.63) is 29.3 Å². The van der Waals surface area contributed by atoms with E-state index in [0.29, 0.717) is 6.04 Å². The van der Waals surface area contributed by atoms with Crippen molar-refractivity contribution in [1.82, 2.24) is 10.6 Å². The number of piperidine rings is 2. The first-order valence-corrected chi connectivity index (χ1v) is 8.26. The van der Waals surface area contributed by atoms with Gasteiger partial charge < -0.3 is 20.6 Å². The Hall–Kier alpha value is -0.810. The zero-order valence-corrected chi connectivity index (χ0v) is 13.0. The van der Waals surface area contributed by atoms with E-state index in [2.05, 4.69) is 21.6 Å². The van der Waals surface area contributed by atoms with Gasteiger partial charge in [-0.2, -0.15) is 0 Å². The number of halogens is 1. The van der Waals surface area contributed by atoms with Crippen molar-refractivity contribution in [1.29, 1.82) is 0 Å². The van der Waals surface area contributed by atoms with E-state index in [0.717, 1.165) is 56.2 Å². The molecule has 21 heavy (non-hydrogen) atoms. The summed E-state index contributed by atoms with van der Waals surface area (Å²) in [5.74, 6) is 0. The van der Waals surface area contributed by atoms with E-state index in [1.807, 2.05) is 18.2 Å². The molecule has 2 heterocycles. The Bertz CT molecular complexity index is 463. The maximum absolute atomic E-state index is 10.0. The third-order valence-corrected chi connectivity index (χ3v) is 4.90. The molecule has 2 aliphatic rings. The van der Waals surface area contributed by atoms with Gasteiger partial charge >= 0.3 is 0 Å². The van der Waals surface area contributed by atoms with E-state index in [-0.39, 0.29) is 12.1 Å². The molecule has 3 rings (SSSR count). The lowest BCUT2D eigenvalue weighted by atomic mass is 9.99. The minimum Gasteiger partial charge on any atom is -0.391 e. The third kappa shape index (κ3) is 3.69. The van der Waals surface area contributed by atoms with Gasteiger partial charge in [-0.15, -0.1) is 0 Å². The van der Waals surface area contributed by atoms with E-state index in [9.17, 15) is 5.11 Å². The number of hydrogen-bond donors (Lipinski definition) is 3. The molecule has 116 valence electrons. The highest BCUT2D eigenvalue weighted by molar-refractivity contribution is 6.33. The summed E-state index contributed by atoms with van der Waals surface area (Å²) in [7, 11) is 0. The summed E-state index contributed by atoms with van der Waals surface area (Å²) in [6, 6.07) is 8.72. The summed E-state index contributed by atoms with van der Waals surface area (Å²) in [5, 5.41) is 17.8. The van der Waals surface area contributed by atoms with Gasteiger partial charge in [0.05, 0.1) is 16.8 Å². The average Bonchev–Trinajstić information content (AvgIpc) is 2.51. The lowest BCUT2D eigenvalue weighted by molar-refractivity contribution is 0.0909. The number of hydrogen-bond acceptors (Lipinski definition) is 4. The van der Waals surface area contributed by atoms with Gasteiger partial charge in [-0.25, -0.2) is 0 Å². The van der Waals surface area contributed by atoms with Crippen LogP contribution >= 0.6 is 11.6 Å². The zero-order chi connectivity index (χ0) is 14.7. The number of aliphatic hydroxyl groups excluding tert-OH is 1. The molecule has 0 aliphatic carbocycles. The second kappa shape index (κ2) is 6.97.